The number of rotatable bonds is 17. The maximum absolute atomic E-state index is 10.6. The number of aliphatic hydroxyl groups is 1. The molecule has 0 aromatic carbocycles. The molecule has 1 N–H and O–H groups in total. The SMILES string of the molecule is CCCCOC[C@H]1O[C@H](O)[C@@H](OCCCC)[C@@H](OCCCC)[C@@H]1OCCCC. The minimum absolute atomic E-state index is 0.306. The van der Waals surface area contributed by atoms with Gasteiger partial charge in [-0.25, -0.2) is 0 Å². The molecular formula is C22H44O6. The maximum Gasteiger partial charge on any atom is 0.184 e. The van der Waals surface area contributed by atoms with Crippen molar-refractivity contribution in [2.75, 3.05) is 33.0 Å². The van der Waals surface area contributed by atoms with E-state index in [1.165, 1.54) is 0 Å². The third-order valence-corrected chi connectivity index (χ3v) is 4.96. The topological polar surface area (TPSA) is 66.4 Å². The molecule has 1 aliphatic rings. The minimum atomic E-state index is -1.03. The molecule has 0 bridgehead atoms. The van der Waals surface area contributed by atoms with Gasteiger partial charge in [0.25, 0.3) is 0 Å². The first-order valence-corrected chi connectivity index (χ1v) is 11.5. The van der Waals surface area contributed by atoms with Gasteiger partial charge in [-0.1, -0.05) is 53.4 Å². The Morgan fingerprint density at radius 1 is 0.643 bits per heavy atom. The van der Waals surface area contributed by atoms with Crippen molar-refractivity contribution in [3.8, 4) is 0 Å². The lowest BCUT2D eigenvalue weighted by molar-refractivity contribution is -0.312. The number of hydrogen-bond acceptors (Lipinski definition) is 6. The Balaban J connectivity index is 2.84. The van der Waals surface area contributed by atoms with Gasteiger partial charge in [0, 0.05) is 26.4 Å². The molecule has 1 aliphatic heterocycles. The summed E-state index contributed by atoms with van der Waals surface area (Å²) < 4.78 is 30.1. The predicted molar refractivity (Wildman–Crippen MR) is 111 cm³/mol. The highest BCUT2D eigenvalue weighted by molar-refractivity contribution is 4.92. The summed E-state index contributed by atoms with van der Waals surface area (Å²) in [6.45, 7) is 11.5. The summed E-state index contributed by atoms with van der Waals surface area (Å²) in [7, 11) is 0. The predicted octanol–water partition coefficient (Wildman–Crippen LogP) is 4.08. The fourth-order valence-electron chi connectivity index (χ4n) is 3.13. The lowest BCUT2D eigenvalue weighted by Crippen LogP contribution is -2.61. The lowest BCUT2D eigenvalue weighted by Gasteiger charge is -2.44. The lowest BCUT2D eigenvalue weighted by atomic mass is 9.98. The number of hydrogen-bond donors (Lipinski definition) is 1. The summed E-state index contributed by atoms with van der Waals surface area (Å²) in [6, 6.07) is 0. The molecule has 5 atom stereocenters. The minimum Gasteiger partial charge on any atom is -0.379 e. The van der Waals surface area contributed by atoms with Gasteiger partial charge >= 0.3 is 0 Å². The maximum atomic E-state index is 10.6. The highest BCUT2D eigenvalue weighted by Gasteiger charge is 2.47. The van der Waals surface area contributed by atoms with Crippen LogP contribution in [0.2, 0.25) is 0 Å². The molecule has 1 rings (SSSR count). The van der Waals surface area contributed by atoms with Crippen LogP contribution in [-0.4, -0.2) is 68.8 Å². The first-order chi connectivity index (χ1) is 13.7. The second-order valence-electron chi connectivity index (χ2n) is 7.56. The van der Waals surface area contributed by atoms with Crippen molar-refractivity contribution in [3.05, 3.63) is 0 Å². The molecule has 0 amide bonds. The van der Waals surface area contributed by atoms with Gasteiger partial charge in [0.1, 0.15) is 24.4 Å². The average Bonchev–Trinajstić information content (AvgIpc) is 2.69. The fraction of sp³-hybridized carbons (Fsp3) is 1.00. The Hall–Kier alpha value is -0.240. The van der Waals surface area contributed by atoms with Crippen molar-refractivity contribution in [1.82, 2.24) is 0 Å². The van der Waals surface area contributed by atoms with Crippen LogP contribution in [0.5, 0.6) is 0 Å². The molecule has 0 aromatic rings. The van der Waals surface area contributed by atoms with Crippen LogP contribution in [-0.2, 0) is 23.7 Å². The quantitative estimate of drug-likeness (QED) is 0.369. The van der Waals surface area contributed by atoms with Gasteiger partial charge in [-0.05, 0) is 25.7 Å². The number of ether oxygens (including phenoxy) is 5. The van der Waals surface area contributed by atoms with Crippen LogP contribution in [0.15, 0.2) is 0 Å². The Kier molecular flexibility index (Phi) is 15.2. The summed E-state index contributed by atoms with van der Waals surface area (Å²) in [6.07, 6.45) is 5.53. The molecule has 168 valence electrons. The fourth-order valence-corrected chi connectivity index (χ4v) is 3.13. The van der Waals surface area contributed by atoms with Gasteiger partial charge in [-0.2, -0.15) is 0 Å². The summed E-state index contributed by atoms with van der Waals surface area (Å²) in [4.78, 5) is 0. The summed E-state index contributed by atoms with van der Waals surface area (Å²) in [5.74, 6) is 0. The number of aliphatic hydroxyl groups excluding tert-OH is 1. The van der Waals surface area contributed by atoms with E-state index in [-0.39, 0.29) is 18.3 Å². The zero-order valence-electron chi connectivity index (χ0n) is 18.6. The van der Waals surface area contributed by atoms with Crippen LogP contribution >= 0.6 is 0 Å². The monoisotopic (exact) mass is 404 g/mol. The van der Waals surface area contributed by atoms with E-state index in [1.807, 2.05) is 0 Å². The first-order valence-electron chi connectivity index (χ1n) is 11.5. The van der Waals surface area contributed by atoms with Crippen LogP contribution < -0.4 is 0 Å². The molecule has 0 spiro atoms. The molecule has 28 heavy (non-hydrogen) atoms. The Morgan fingerprint density at radius 2 is 1.11 bits per heavy atom. The van der Waals surface area contributed by atoms with E-state index in [2.05, 4.69) is 27.7 Å². The molecule has 1 fully saturated rings. The third kappa shape index (κ3) is 9.51. The molecule has 1 saturated heterocycles. The average molecular weight is 405 g/mol. The van der Waals surface area contributed by atoms with Crippen molar-refractivity contribution in [3.63, 3.8) is 0 Å². The van der Waals surface area contributed by atoms with Gasteiger partial charge in [-0.15, -0.1) is 0 Å². The van der Waals surface area contributed by atoms with Gasteiger partial charge in [-0.3, -0.25) is 0 Å². The molecule has 0 aromatic heterocycles. The van der Waals surface area contributed by atoms with E-state index in [4.69, 9.17) is 23.7 Å². The zero-order valence-corrected chi connectivity index (χ0v) is 18.6. The van der Waals surface area contributed by atoms with Crippen molar-refractivity contribution >= 4 is 0 Å². The Labute approximate surface area is 172 Å². The van der Waals surface area contributed by atoms with Crippen LogP contribution in [0.3, 0.4) is 0 Å². The molecule has 0 radical (unpaired) electrons. The first kappa shape index (κ1) is 25.8. The highest BCUT2D eigenvalue weighted by Crippen LogP contribution is 2.28. The Bertz CT molecular complexity index is 354. The summed E-state index contributed by atoms with van der Waals surface area (Å²) in [5.41, 5.74) is 0. The van der Waals surface area contributed by atoms with E-state index in [0.717, 1.165) is 51.4 Å². The molecule has 0 unspecified atom stereocenters. The van der Waals surface area contributed by atoms with Gasteiger partial charge in [0.2, 0.25) is 0 Å². The van der Waals surface area contributed by atoms with Crippen LogP contribution in [0.1, 0.15) is 79.1 Å². The second-order valence-corrected chi connectivity index (χ2v) is 7.56. The Morgan fingerprint density at radius 3 is 1.64 bits per heavy atom. The van der Waals surface area contributed by atoms with Crippen LogP contribution in [0, 0.1) is 0 Å². The van der Waals surface area contributed by atoms with Gasteiger partial charge in [0.05, 0.1) is 6.61 Å². The van der Waals surface area contributed by atoms with Crippen molar-refractivity contribution in [1.29, 1.82) is 0 Å². The zero-order chi connectivity index (χ0) is 20.6. The van der Waals surface area contributed by atoms with E-state index in [1.54, 1.807) is 0 Å². The summed E-state index contributed by atoms with van der Waals surface area (Å²) >= 11 is 0. The highest BCUT2D eigenvalue weighted by atomic mass is 16.7. The van der Waals surface area contributed by atoms with Crippen molar-refractivity contribution in [2.45, 2.75) is 110 Å². The van der Waals surface area contributed by atoms with Crippen molar-refractivity contribution < 1.29 is 28.8 Å². The van der Waals surface area contributed by atoms with E-state index in [9.17, 15) is 5.11 Å². The summed E-state index contributed by atoms with van der Waals surface area (Å²) in [5, 5.41) is 10.6. The van der Waals surface area contributed by atoms with Gasteiger partial charge < -0.3 is 28.8 Å². The van der Waals surface area contributed by atoms with Gasteiger partial charge in [0.15, 0.2) is 6.29 Å². The molecule has 6 heteroatoms. The van der Waals surface area contributed by atoms with E-state index in [0.29, 0.717) is 33.0 Å². The van der Waals surface area contributed by atoms with E-state index >= 15 is 0 Å². The molecular weight excluding hydrogens is 360 g/mol. The normalized spacial score (nSPS) is 28.0. The van der Waals surface area contributed by atoms with E-state index < -0.39 is 12.4 Å². The third-order valence-electron chi connectivity index (χ3n) is 4.96. The molecule has 0 saturated carbocycles. The smallest absolute Gasteiger partial charge is 0.184 e. The van der Waals surface area contributed by atoms with Crippen LogP contribution in [0.25, 0.3) is 0 Å². The molecule has 0 aliphatic carbocycles. The molecule has 6 nitrogen and oxygen atoms in total. The van der Waals surface area contributed by atoms with Crippen LogP contribution in [0.4, 0.5) is 0 Å². The number of unbranched alkanes of at least 4 members (excludes halogenated alkanes) is 4. The largest absolute Gasteiger partial charge is 0.379 e. The standard InChI is InChI=1S/C22H44O6/c1-5-9-13-24-17-18-19(25-14-10-6-2)20(26-15-11-7-3)21(22(23)28-18)27-16-12-8-4/h18-23H,5-17H2,1-4H3/t18-,19-,20+,21+,22+/m1/s1. The van der Waals surface area contributed by atoms with Crippen molar-refractivity contribution in [2.24, 2.45) is 0 Å². The molecule has 1 heterocycles. The second kappa shape index (κ2) is 16.5.